The van der Waals surface area contributed by atoms with Crippen molar-refractivity contribution < 1.29 is 9.53 Å². The molecule has 0 aliphatic carbocycles. The van der Waals surface area contributed by atoms with Crippen LogP contribution < -0.4 is 4.74 Å². The zero-order chi connectivity index (χ0) is 20.3. The van der Waals surface area contributed by atoms with Gasteiger partial charge in [0.2, 0.25) is 5.88 Å². The van der Waals surface area contributed by atoms with Crippen molar-refractivity contribution in [3.63, 3.8) is 0 Å². The number of carbonyl (C=O) groups is 1. The number of amides is 1. The van der Waals surface area contributed by atoms with Gasteiger partial charge in [-0.3, -0.25) is 4.79 Å². The van der Waals surface area contributed by atoms with Crippen LogP contribution in [0.5, 0.6) is 5.88 Å². The zero-order valence-corrected chi connectivity index (χ0v) is 17.1. The van der Waals surface area contributed by atoms with Gasteiger partial charge in [0.15, 0.2) is 0 Å². The largest absolute Gasteiger partial charge is 0.473 e. The lowest BCUT2D eigenvalue weighted by molar-refractivity contribution is 0.0584. The van der Waals surface area contributed by atoms with Crippen molar-refractivity contribution in [2.45, 2.75) is 18.9 Å². The van der Waals surface area contributed by atoms with Gasteiger partial charge in [0.05, 0.1) is 6.20 Å². The van der Waals surface area contributed by atoms with E-state index in [1.54, 1.807) is 6.20 Å². The molecule has 3 heterocycles. The summed E-state index contributed by atoms with van der Waals surface area (Å²) >= 11 is 1.50. The van der Waals surface area contributed by atoms with E-state index in [1.165, 1.54) is 11.3 Å². The molecule has 2 aromatic heterocycles. The van der Waals surface area contributed by atoms with Crippen LogP contribution in [-0.2, 0) is 0 Å². The van der Waals surface area contributed by atoms with Crippen molar-refractivity contribution in [3.05, 3.63) is 71.9 Å². The third-order valence-corrected chi connectivity index (χ3v) is 6.18. The molecule has 1 fully saturated rings. The van der Waals surface area contributed by atoms with Crippen LogP contribution in [0, 0.1) is 0 Å². The van der Waals surface area contributed by atoms with Crippen molar-refractivity contribution in [1.29, 1.82) is 0 Å². The number of likely N-dealkylation sites (tertiary alicyclic amines) is 1. The van der Waals surface area contributed by atoms with Crippen LogP contribution in [0.2, 0.25) is 0 Å². The quantitative estimate of drug-likeness (QED) is 0.492. The molecule has 30 heavy (non-hydrogen) atoms. The van der Waals surface area contributed by atoms with Crippen LogP contribution in [-0.4, -0.2) is 45.2 Å². The third kappa shape index (κ3) is 3.76. The number of carbonyl (C=O) groups excluding carboxylic acids is 1. The van der Waals surface area contributed by atoms with E-state index in [4.69, 9.17) is 4.74 Å². The van der Waals surface area contributed by atoms with E-state index in [0.29, 0.717) is 24.7 Å². The van der Waals surface area contributed by atoms with Gasteiger partial charge in [-0.2, -0.15) is 5.10 Å². The van der Waals surface area contributed by atoms with Crippen molar-refractivity contribution >= 4 is 28.0 Å². The topological polar surface area (TPSA) is 68.2 Å². The first kappa shape index (κ1) is 18.7. The molecule has 0 N–H and O–H groups in total. The molecular weight excluding hydrogens is 396 g/mol. The molecule has 0 radical (unpaired) electrons. The zero-order valence-electron chi connectivity index (χ0n) is 16.3. The van der Waals surface area contributed by atoms with E-state index >= 15 is 0 Å². The molecule has 2 aromatic carbocycles. The number of hydrogen-bond acceptors (Lipinski definition) is 6. The molecule has 7 heteroatoms. The van der Waals surface area contributed by atoms with Crippen molar-refractivity contribution in [2.75, 3.05) is 13.1 Å². The Morgan fingerprint density at radius 2 is 1.80 bits per heavy atom. The Morgan fingerprint density at radius 3 is 2.63 bits per heavy atom. The van der Waals surface area contributed by atoms with Gasteiger partial charge in [-0.25, -0.2) is 4.98 Å². The van der Waals surface area contributed by atoms with Gasteiger partial charge in [-0.15, -0.1) is 16.4 Å². The van der Waals surface area contributed by atoms with E-state index in [1.807, 2.05) is 64.9 Å². The van der Waals surface area contributed by atoms with E-state index in [0.717, 1.165) is 34.2 Å². The Bertz CT molecular complexity index is 1160. The van der Waals surface area contributed by atoms with Crippen LogP contribution in [0.25, 0.3) is 21.3 Å². The molecule has 5 rings (SSSR count). The summed E-state index contributed by atoms with van der Waals surface area (Å²) in [4.78, 5) is 19.3. The summed E-state index contributed by atoms with van der Waals surface area (Å²) in [5.41, 5.74) is 1.54. The second kappa shape index (κ2) is 8.20. The highest BCUT2D eigenvalue weighted by atomic mass is 32.1. The summed E-state index contributed by atoms with van der Waals surface area (Å²) in [6.45, 7) is 1.28. The number of ether oxygens (including phenoxy) is 1. The number of piperidine rings is 1. The maximum Gasteiger partial charge on any atom is 0.273 e. The summed E-state index contributed by atoms with van der Waals surface area (Å²) < 4.78 is 6.14. The maximum absolute atomic E-state index is 12.9. The molecule has 0 bridgehead atoms. The van der Waals surface area contributed by atoms with Crippen molar-refractivity contribution in [1.82, 2.24) is 20.1 Å². The summed E-state index contributed by atoms with van der Waals surface area (Å²) in [5, 5.41) is 12.9. The van der Waals surface area contributed by atoms with Crippen LogP contribution in [0.3, 0.4) is 0 Å². The second-order valence-corrected chi connectivity index (χ2v) is 8.11. The minimum atomic E-state index is -0.0168. The van der Waals surface area contributed by atoms with Gasteiger partial charge < -0.3 is 9.64 Å². The predicted molar refractivity (Wildman–Crippen MR) is 117 cm³/mol. The number of thiazole rings is 1. The number of fused-ring (bicyclic) bond motifs is 1. The van der Waals surface area contributed by atoms with Crippen LogP contribution in [0.15, 0.2) is 66.2 Å². The Labute approximate surface area is 178 Å². The number of hydrogen-bond donors (Lipinski definition) is 0. The summed E-state index contributed by atoms with van der Waals surface area (Å²) in [6, 6.07) is 17.9. The minimum absolute atomic E-state index is 0.0168. The number of rotatable bonds is 4. The lowest BCUT2D eigenvalue weighted by atomic mass is 10.1. The molecule has 150 valence electrons. The Kier molecular flexibility index (Phi) is 5.11. The monoisotopic (exact) mass is 416 g/mol. The Balaban J connectivity index is 1.23. The smallest absolute Gasteiger partial charge is 0.273 e. The molecule has 4 aromatic rings. The van der Waals surface area contributed by atoms with Crippen LogP contribution in [0.4, 0.5) is 0 Å². The first-order valence-electron chi connectivity index (χ1n) is 9.95. The highest BCUT2D eigenvalue weighted by molar-refractivity contribution is 7.13. The first-order chi connectivity index (χ1) is 14.8. The van der Waals surface area contributed by atoms with E-state index < -0.39 is 0 Å². The number of aromatic nitrogens is 3. The summed E-state index contributed by atoms with van der Waals surface area (Å²) in [5.74, 6) is 0.543. The maximum atomic E-state index is 12.9. The minimum Gasteiger partial charge on any atom is -0.473 e. The molecule has 1 aliphatic rings. The molecule has 0 unspecified atom stereocenters. The predicted octanol–water partition coefficient (Wildman–Crippen LogP) is 4.44. The number of nitrogens with zero attached hydrogens (tertiary/aromatic N) is 4. The Hall–Kier alpha value is -3.32. The molecule has 1 saturated heterocycles. The normalized spacial score (nSPS) is 14.7. The highest BCUT2D eigenvalue weighted by Gasteiger charge is 2.27. The average molecular weight is 417 g/mol. The highest BCUT2D eigenvalue weighted by Crippen LogP contribution is 2.27. The van der Waals surface area contributed by atoms with Gasteiger partial charge in [0.1, 0.15) is 16.8 Å². The van der Waals surface area contributed by atoms with Crippen LogP contribution in [0.1, 0.15) is 23.3 Å². The first-order valence-corrected chi connectivity index (χ1v) is 10.8. The fourth-order valence-corrected chi connectivity index (χ4v) is 4.47. The van der Waals surface area contributed by atoms with Gasteiger partial charge >= 0.3 is 0 Å². The van der Waals surface area contributed by atoms with Crippen molar-refractivity contribution in [2.24, 2.45) is 0 Å². The molecule has 0 saturated carbocycles. The van der Waals surface area contributed by atoms with E-state index in [-0.39, 0.29) is 12.0 Å². The fourth-order valence-electron chi connectivity index (χ4n) is 3.67. The molecule has 6 nitrogen and oxygen atoms in total. The van der Waals surface area contributed by atoms with Gasteiger partial charge in [0, 0.05) is 47.6 Å². The van der Waals surface area contributed by atoms with E-state index in [9.17, 15) is 4.79 Å². The Morgan fingerprint density at radius 1 is 1.03 bits per heavy atom. The van der Waals surface area contributed by atoms with Gasteiger partial charge in [0.25, 0.3) is 5.91 Å². The lowest BCUT2D eigenvalue weighted by Gasteiger charge is -2.31. The number of benzene rings is 2. The average Bonchev–Trinajstić information content (AvgIpc) is 3.30. The van der Waals surface area contributed by atoms with E-state index in [2.05, 4.69) is 15.2 Å². The summed E-state index contributed by atoms with van der Waals surface area (Å²) in [7, 11) is 0. The SMILES string of the molecule is O=C(c1csc(-c2ccccc2)n1)N1CCC(Oc2nncc3ccccc23)CC1. The summed E-state index contributed by atoms with van der Waals surface area (Å²) in [6.07, 6.45) is 3.27. The van der Waals surface area contributed by atoms with Gasteiger partial charge in [-0.1, -0.05) is 48.5 Å². The van der Waals surface area contributed by atoms with Crippen LogP contribution >= 0.6 is 11.3 Å². The third-order valence-electron chi connectivity index (χ3n) is 5.29. The lowest BCUT2D eigenvalue weighted by Crippen LogP contribution is -2.42. The molecule has 1 amide bonds. The van der Waals surface area contributed by atoms with Crippen molar-refractivity contribution in [3.8, 4) is 16.5 Å². The molecule has 0 atom stereocenters. The van der Waals surface area contributed by atoms with Gasteiger partial charge in [-0.05, 0) is 6.07 Å². The molecule has 1 aliphatic heterocycles. The second-order valence-electron chi connectivity index (χ2n) is 7.25. The standard InChI is InChI=1S/C23H20N4O2S/c28-23(20-15-30-22(25-20)16-6-2-1-3-7-16)27-12-10-18(11-13-27)29-21-19-9-5-4-8-17(19)14-24-26-21/h1-9,14-15,18H,10-13H2. The molecule has 0 spiro atoms. The molecular formula is C23H20N4O2S. The fraction of sp³-hybridized carbons (Fsp3) is 0.217.